The van der Waals surface area contributed by atoms with Gasteiger partial charge in [0.05, 0.1) is 10.6 Å². The Hall–Kier alpha value is -2.40. The van der Waals surface area contributed by atoms with Crippen molar-refractivity contribution in [2.24, 2.45) is 7.05 Å². The molecule has 0 aliphatic rings. The minimum absolute atomic E-state index is 0.292. The van der Waals surface area contributed by atoms with Crippen molar-refractivity contribution in [3.05, 3.63) is 53.6 Å². The highest BCUT2D eigenvalue weighted by atomic mass is 35.5. The zero-order valence-electron chi connectivity index (χ0n) is 11.2. The van der Waals surface area contributed by atoms with Crippen LogP contribution in [0.5, 0.6) is 0 Å². The van der Waals surface area contributed by atoms with Crippen LogP contribution in [-0.4, -0.2) is 14.8 Å². The van der Waals surface area contributed by atoms with E-state index in [1.165, 1.54) is 12.1 Å². The number of nitrogens with two attached hydrogens (primary N) is 1. The molecule has 0 fully saturated rings. The molecular weight excluding hydrogens is 291 g/mol. The molecule has 0 radical (unpaired) electrons. The number of nitrogen functional groups attached to an aromatic ring is 1. The molecule has 0 aliphatic heterocycles. The number of hydrogen-bond donors (Lipinski definition) is 1. The Morgan fingerprint density at radius 1 is 1.29 bits per heavy atom. The van der Waals surface area contributed by atoms with Gasteiger partial charge in [-0.05, 0) is 30.3 Å². The summed E-state index contributed by atoms with van der Waals surface area (Å²) in [6, 6.07) is 7.91. The van der Waals surface area contributed by atoms with Crippen LogP contribution in [0.2, 0.25) is 5.02 Å². The predicted octanol–water partition coefficient (Wildman–Crippen LogP) is 3.52. The fourth-order valence-corrected chi connectivity index (χ4v) is 2.46. The van der Waals surface area contributed by atoms with E-state index < -0.39 is 5.82 Å². The number of rotatable bonds is 2. The van der Waals surface area contributed by atoms with Crippen LogP contribution in [0.25, 0.3) is 22.4 Å². The molecule has 0 aliphatic carbocycles. The first-order valence-electron chi connectivity index (χ1n) is 6.26. The Labute approximate surface area is 126 Å². The maximum absolute atomic E-state index is 13.2. The third kappa shape index (κ3) is 2.36. The first kappa shape index (κ1) is 13.6. The van der Waals surface area contributed by atoms with E-state index in [9.17, 15) is 4.39 Å². The van der Waals surface area contributed by atoms with Crippen LogP contribution in [0.4, 0.5) is 10.2 Å². The molecule has 0 saturated carbocycles. The van der Waals surface area contributed by atoms with Crippen molar-refractivity contribution >= 4 is 17.4 Å². The average molecular weight is 303 g/mol. The Balaban J connectivity index is 2.27. The number of pyridine rings is 1. The molecule has 3 aromatic rings. The highest BCUT2D eigenvalue weighted by Gasteiger charge is 2.19. The summed E-state index contributed by atoms with van der Waals surface area (Å²) >= 11 is 6.16. The molecule has 0 amide bonds. The highest BCUT2D eigenvalue weighted by molar-refractivity contribution is 6.33. The summed E-state index contributed by atoms with van der Waals surface area (Å²) in [7, 11) is 1.75. The van der Waals surface area contributed by atoms with Gasteiger partial charge >= 0.3 is 0 Å². The van der Waals surface area contributed by atoms with Crippen LogP contribution in [0.1, 0.15) is 0 Å². The van der Waals surface area contributed by atoms with Gasteiger partial charge in [-0.15, -0.1) is 0 Å². The van der Waals surface area contributed by atoms with Crippen LogP contribution in [0.15, 0.2) is 42.7 Å². The molecule has 106 valence electrons. The summed E-state index contributed by atoms with van der Waals surface area (Å²) in [5.41, 5.74) is 8.91. The van der Waals surface area contributed by atoms with Crippen molar-refractivity contribution in [3.8, 4) is 22.4 Å². The van der Waals surface area contributed by atoms with Crippen LogP contribution >= 0.6 is 11.6 Å². The molecular formula is C15H12ClFN4. The second-order valence-electron chi connectivity index (χ2n) is 4.60. The van der Waals surface area contributed by atoms with E-state index in [4.69, 9.17) is 17.3 Å². The highest BCUT2D eigenvalue weighted by Crippen LogP contribution is 2.39. The largest absolute Gasteiger partial charge is 0.383 e. The summed E-state index contributed by atoms with van der Waals surface area (Å²) in [4.78, 5) is 4.09. The van der Waals surface area contributed by atoms with E-state index in [0.717, 1.165) is 5.56 Å². The van der Waals surface area contributed by atoms with Crippen molar-refractivity contribution in [1.82, 2.24) is 14.8 Å². The number of aryl methyl sites for hydroxylation is 1. The molecule has 0 saturated heterocycles. The van der Waals surface area contributed by atoms with E-state index in [1.54, 1.807) is 30.2 Å². The molecule has 21 heavy (non-hydrogen) atoms. The Morgan fingerprint density at radius 3 is 2.76 bits per heavy atom. The number of halogens is 2. The lowest BCUT2D eigenvalue weighted by molar-refractivity contribution is 0.628. The number of hydrogen-bond acceptors (Lipinski definition) is 3. The number of benzene rings is 1. The summed E-state index contributed by atoms with van der Waals surface area (Å²) in [6.45, 7) is 0. The van der Waals surface area contributed by atoms with Crippen LogP contribution in [-0.2, 0) is 7.05 Å². The second kappa shape index (κ2) is 5.18. The van der Waals surface area contributed by atoms with Crippen LogP contribution in [0, 0.1) is 5.82 Å². The number of anilines is 1. The van der Waals surface area contributed by atoms with Crippen molar-refractivity contribution in [1.29, 1.82) is 0 Å². The molecule has 2 N–H and O–H groups in total. The molecule has 2 heterocycles. The van der Waals surface area contributed by atoms with Gasteiger partial charge in [0.1, 0.15) is 17.3 Å². The van der Waals surface area contributed by atoms with Crippen molar-refractivity contribution in [2.75, 3.05) is 5.73 Å². The fraction of sp³-hybridized carbons (Fsp3) is 0.0667. The lowest BCUT2D eigenvalue weighted by Gasteiger charge is -2.06. The van der Waals surface area contributed by atoms with Crippen LogP contribution in [0.3, 0.4) is 0 Å². The molecule has 0 atom stereocenters. The number of nitrogens with zero attached hydrogens (tertiary/aromatic N) is 3. The monoisotopic (exact) mass is 302 g/mol. The van der Waals surface area contributed by atoms with E-state index in [1.807, 2.05) is 12.1 Å². The van der Waals surface area contributed by atoms with E-state index >= 15 is 0 Å². The molecule has 6 heteroatoms. The third-order valence-electron chi connectivity index (χ3n) is 3.23. The maximum atomic E-state index is 13.2. The number of aromatic nitrogens is 3. The molecule has 1 aromatic carbocycles. The summed E-state index contributed by atoms with van der Waals surface area (Å²) in [5, 5.41) is 4.71. The lowest BCUT2D eigenvalue weighted by atomic mass is 10.0. The minimum atomic E-state index is -0.394. The first-order valence-corrected chi connectivity index (χ1v) is 6.64. The predicted molar refractivity (Wildman–Crippen MR) is 81.3 cm³/mol. The topological polar surface area (TPSA) is 56.7 Å². The van der Waals surface area contributed by atoms with Gasteiger partial charge in [-0.1, -0.05) is 11.6 Å². The Kier molecular flexibility index (Phi) is 3.35. The van der Waals surface area contributed by atoms with Crippen molar-refractivity contribution in [3.63, 3.8) is 0 Å². The molecule has 0 unspecified atom stereocenters. The van der Waals surface area contributed by atoms with Crippen LogP contribution < -0.4 is 5.73 Å². The fourth-order valence-electron chi connectivity index (χ4n) is 2.20. The van der Waals surface area contributed by atoms with Gasteiger partial charge in [0.15, 0.2) is 0 Å². The van der Waals surface area contributed by atoms with Gasteiger partial charge in [-0.25, -0.2) is 4.39 Å². The standard InChI is InChI=1S/C15H12ClFN4/c1-21-15(18)13(11-5-4-10(17)7-12(11)16)14(20-21)9-3-2-6-19-8-9/h2-8H,18H2,1H3. The Morgan fingerprint density at radius 2 is 2.10 bits per heavy atom. The maximum Gasteiger partial charge on any atom is 0.129 e. The van der Waals surface area contributed by atoms with Gasteiger partial charge in [-0.2, -0.15) is 5.10 Å². The minimum Gasteiger partial charge on any atom is -0.383 e. The van der Waals surface area contributed by atoms with Crippen molar-refractivity contribution in [2.45, 2.75) is 0 Å². The normalized spacial score (nSPS) is 10.8. The van der Waals surface area contributed by atoms with Crippen molar-refractivity contribution < 1.29 is 4.39 Å². The molecule has 2 aromatic heterocycles. The molecule has 4 nitrogen and oxygen atoms in total. The Bertz CT molecular complexity index is 799. The zero-order chi connectivity index (χ0) is 15.0. The lowest BCUT2D eigenvalue weighted by Crippen LogP contribution is -1.98. The van der Waals surface area contributed by atoms with Gasteiger partial charge < -0.3 is 5.73 Å². The van der Waals surface area contributed by atoms with Gasteiger partial charge in [0.2, 0.25) is 0 Å². The van der Waals surface area contributed by atoms with Gasteiger partial charge in [0.25, 0.3) is 0 Å². The average Bonchev–Trinajstić information content (AvgIpc) is 2.76. The van der Waals surface area contributed by atoms with Gasteiger partial charge in [-0.3, -0.25) is 9.67 Å². The molecule has 3 rings (SSSR count). The summed E-state index contributed by atoms with van der Waals surface area (Å²) < 4.78 is 14.8. The summed E-state index contributed by atoms with van der Waals surface area (Å²) in [5.74, 6) is 0.0662. The SMILES string of the molecule is Cn1nc(-c2cccnc2)c(-c2ccc(F)cc2Cl)c1N. The first-order chi connectivity index (χ1) is 10.1. The van der Waals surface area contributed by atoms with E-state index in [-0.39, 0.29) is 0 Å². The van der Waals surface area contributed by atoms with E-state index in [0.29, 0.717) is 27.7 Å². The van der Waals surface area contributed by atoms with Gasteiger partial charge in [0, 0.05) is 30.6 Å². The molecule has 0 spiro atoms. The summed E-state index contributed by atoms with van der Waals surface area (Å²) in [6.07, 6.45) is 3.38. The quantitative estimate of drug-likeness (QED) is 0.788. The molecule has 0 bridgehead atoms. The zero-order valence-corrected chi connectivity index (χ0v) is 12.0. The van der Waals surface area contributed by atoms with E-state index in [2.05, 4.69) is 10.1 Å². The third-order valence-corrected chi connectivity index (χ3v) is 3.54. The smallest absolute Gasteiger partial charge is 0.129 e. The second-order valence-corrected chi connectivity index (χ2v) is 5.01.